The summed E-state index contributed by atoms with van der Waals surface area (Å²) in [4.78, 5) is 12.2. The Hall–Kier alpha value is -2.30. The van der Waals surface area contributed by atoms with Crippen LogP contribution in [0, 0.1) is 0 Å². The van der Waals surface area contributed by atoms with Crippen molar-refractivity contribution in [3.05, 3.63) is 41.7 Å². The van der Waals surface area contributed by atoms with Crippen LogP contribution in [0.25, 0.3) is 0 Å². The molecule has 0 spiro atoms. The Balaban J connectivity index is 2.33. The molecule has 1 heterocycles. The van der Waals surface area contributed by atoms with Crippen LogP contribution in [0.1, 0.15) is 22.8 Å². The maximum Gasteiger partial charge on any atom is 0.198 e. The number of hydrogen-bond donors (Lipinski definition) is 1. The molecule has 94 valence electrons. The minimum atomic E-state index is -0.130. The number of methoxy groups -OCH3 is 1. The average molecular weight is 245 g/mol. The zero-order valence-electron chi connectivity index (χ0n) is 10.4. The molecule has 0 aliphatic heterocycles. The SMILES string of the molecule is CCn1cc(C(=O)c2ccc(OC)cc2N)cn1. The Morgan fingerprint density at radius 2 is 2.28 bits per heavy atom. The van der Waals surface area contributed by atoms with Crippen LogP contribution in [0.15, 0.2) is 30.6 Å². The molecule has 1 aromatic heterocycles. The normalized spacial score (nSPS) is 10.3. The maximum atomic E-state index is 12.2. The minimum Gasteiger partial charge on any atom is -0.497 e. The molecular formula is C13H15N3O2. The number of hydrogen-bond acceptors (Lipinski definition) is 4. The molecule has 0 unspecified atom stereocenters. The van der Waals surface area contributed by atoms with E-state index in [-0.39, 0.29) is 5.78 Å². The molecule has 18 heavy (non-hydrogen) atoms. The molecule has 0 bridgehead atoms. The fraction of sp³-hybridized carbons (Fsp3) is 0.231. The van der Waals surface area contributed by atoms with Gasteiger partial charge in [0.1, 0.15) is 5.75 Å². The van der Waals surface area contributed by atoms with Crippen LogP contribution in [-0.2, 0) is 6.54 Å². The Morgan fingerprint density at radius 1 is 1.50 bits per heavy atom. The number of aryl methyl sites for hydroxylation is 1. The van der Waals surface area contributed by atoms with Crippen molar-refractivity contribution in [2.45, 2.75) is 13.5 Å². The van der Waals surface area contributed by atoms with Gasteiger partial charge in [0.25, 0.3) is 0 Å². The fourth-order valence-electron chi connectivity index (χ4n) is 1.68. The van der Waals surface area contributed by atoms with Crippen LogP contribution in [0.5, 0.6) is 5.75 Å². The summed E-state index contributed by atoms with van der Waals surface area (Å²) in [6, 6.07) is 5.02. The molecule has 5 nitrogen and oxygen atoms in total. The second kappa shape index (κ2) is 4.91. The van der Waals surface area contributed by atoms with E-state index in [1.807, 2.05) is 6.92 Å². The van der Waals surface area contributed by atoms with Crippen molar-refractivity contribution in [1.29, 1.82) is 0 Å². The Labute approximate surface area is 105 Å². The number of ether oxygens (including phenoxy) is 1. The zero-order chi connectivity index (χ0) is 13.1. The van der Waals surface area contributed by atoms with Crippen LogP contribution < -0.4 is 10.5 Å². The van der Waals surface area contributed by atoms with Gasteiger partial charge in [-0.1, -0.05) is 0 Å². The number of nitrogen functional groups attached to an aromatic ring is 1. The first-order valence-corrected chi connectivity index (χ1v) is 5.66. The molecule has 0 radical (unpaired) electrons. The second-order valence-corrected chi connectivity index (χ2v) is 3.87. The maximum absolute atomic E-state index is 12.2. The highest BCUT2D eigenvalue weighted by molar-refractivity contribution is 6.11. The first-order chi connectivity index (χ1) is 8.65. The summed E-state index contributed by atoms with van der Waals surface area (Å²) in [6.07, 6.45) is 3.27. The van der Waals surface area contributed by atoms with Crippen molar-refractivity contribution in [1.82, 2.24) is 9.78 Å². The third-order valence-corrected chi connectivity index (χ3v) is 2.72. The van der Waals surface area contributed by atoms with E-state index in [1.165, 1.54) is 0 Å². The third-order valence-electron chi connectivity index (χ3n) is 2.72. The molecule has 0 saturated carbocycles. The minimum absolute atomic E-state index is 0.130. The number of benzene rings is 1. The van der Waals surface area contributed by atoms with Crippen molar-refractivity contribution in [3.63, 3.8) is 0 Å². The van der Waals surface area contributed by atoms with Gasteiger partial charge < -0.3 is 10.5 Å². The highest BCUT2D eigenvalue weighted by atomic mass is 16.5. The van der Waals surface area contributed by atoms with E-state index >= 15 is 0 Å². The zero-order valence-corrected chi connectivity index (χ0v) is 10.4. The number of carbonyl (C=O) groups is 1. The van der Waals surface area contributed by atoms with Crippen LogP contribution in [0.3, 0.4) is 0 Å². The number of carbonyl (C=O) groups excluding carboxylic acids is 1. The summed E-state index contributed by atoms with van der Waals surface area (Å²) in [7, 11) is 1.56. The van der Waals surface area contributed by atoms with E-state index in [1.54, 1.807) is 42.4 Å². The summed E-state index contributed by atoms with van der Waals surface area (Å²) in [5.74, 6) is 0.503. The molecule has 5 heteroatoms. The van der Waals surface area contributed by atoms with E-state index < -0.39 is 0 Å². The molecule has 0 fully saturated rings. The first-order valence-electron chi connectivity index (χ1n) is 5.66. The van der Waals surface area contributed by atoms with E-state index in [2.05, 4.69) is 5.10 Å². The summed E-state index contributed by atoms with van der Waals surface area (Å²) in [5.41, 5.74) is 7.25. The van der Waals surface area contributed by atoms with Gasteiger partial charge in [0.15, 0.2) is 5.78 Å². The number of rotatable bonds is 4. The summed E-state index contributed by atoms with van der Waals surface area (Å²) in [5, 5.41) is 4.07. The number of ketones is 1. The number of nitrogens with zero attached hydrogens (tertiary/aromatic N) is 2. The van der Waals surface area contributed by atoms with Gasteiger partial charge in [0.05, 0.1) is 18.9 Å². The van der Waals surface area contributed by atoms with Gasteiger partial charge in [0, 0.05) is 30.1 Å². The lowest BCUT2D eigenvalue weighted by Crippen LogP contribution is -2.05. The molecule has 2 aromatic rings. The number of anilines is 1. The summed E-state index contributed by atoms with van der Waals surface area (Å²) in [6.45, 7) is 2.69. The predicted octanol–water partition coefficient (Wildman–Crippen LogP) is 1.72. The monoisotopic (exact) mass is 245 g/mol. The van der Waals surface area contributed by atoms with E-state index in [9.17, 15) is 4.79 Å². The molecule has 1 aromatic carbocycles. The van der Waals surface area contributed by atoms with Gasteiger partial charge in [0.2, 0.25) is 0 Å². The Bertz CT molecular complexity index is 575. The first kappa shape index (κ1) is 12.2. The van der Waals surface area contributed by atoms with Crippen LogP contribution in [-0.4, -0.2) is 22.7 Å². The van der Waals surface area contributed by atoms with Gasteiger partial charge in [-0.15, -0.1) is 0 Å². The fourth-order valence-corrected chi connectivity index (χ4v) is 1.68. The van der Waals surface area contributed by atoms with Crippen LogP contribution in [0.2, 0.25) is 0 Å². The van der Waals surface area contributed by atoms with Crippen LogP contribution >= 0.6 is 0 Å². The highest BCUT2D eigenvalue weighted by Gasteiger charge is 2.14. The molecular weight excluding hydrogens is 230 g/mol. The molecule has 2 rings (SSSR count). The summed E-state index contributed by atoms with van der Waals surface area (Å²) < 4.78 is 6.75. The number of aromatic nitrogens is 2. The van der Waals surface area contributed by atoms with E-state index in [0.717, 1.165) is 6.54 Å². The van der Waals surface area contributed by atoms with Gasteiger partial charge in [-0.3, -0.25) is 9.48 Å². The van der Waals surface area contributed by atoms with Crippen molar-refractivity contribution in [2.75, 3.05) is 12.8 Å². The quantitative estimate of drug-likeness (QED) is 0.657. The highest BCUT2D eigenvalue weighted by Crippen LogP contribution is 2.22. The van der Waals surface area contributed by atoms with Crippen LogP contribution in [0.4, 0.5) is 5.69 Å². The molecule has 0 aliphatic carbocycles. The Morgan fingerprint density at radius 3 is 2.83 bits per heavy atom. The van der Waals surface area contributed by atoms with E-state index in [4.69, 9.17) is 10.5 Å². The molecule has 0 amide bonds. The lowest BCUT2D eigenvalue weighted by atomic mass is 10.0. The van der Waals surface area contributed by atoms with Crippen molar-refractivity contribution in [3.8, 4) is 5.75 Å². The van der Waals surface area contributed by atoms with Gasteiger partial charge in [-0.2, -0.15) is 5.10 Å². The lowest BCUT2D eigenvalue weighted by molar-refractivity contribution is 0.103. The lowest BCUT2D eigenvalue weighted by Gasteiger charge is -2.05. The smallest absolute Gasteiger partial charge is 0.198 e. The molecule has 0 saturated heterocycles. The predicted molar refractivity (Wildman–Crippen MR) is 68.7 cm³/mol. The molecule has 0 atom stereocenters. The summed E-state index contributed by atoms with van der Waals surface area (Å²) >= 11 is 0. The van der Waals surface area contributed by atoms with Crippen molar-refractivity contribution < 1.29 is 9.53 Å². The second-order valence-electron chi connectivity index (χ2n) is 3.87. The van der Waals surface area contributed by atoms with Gasteiger partial charge in [-0.05, 0) is 19.1 Å². The number of nitrogens with two attached hydrogens (primary N) is 1. The van der Waals surface area contributed by atoms with Gasteiger partial charge >= 0.3 is 0 Å². The largest absolute Gasteiger partial charge is 0.497 e. The average Bonchev–Trinajstić information content (AvgIpc) is 2.86. The van der Waals surface area contributed by atoms with Crippen molar-refractivity contribution in [2.24, 2.45) is 0 Å². The van der Waals surface area contributed by atoms with E-state index in [0.29, 0.717) is 22.6 Å². The standard InChI is InChI=1S/C13H15N3O2/c1-3-16-8-9(7-15-16)13(17)11-5-4-10(18-2)6-12(11)14/h4-8H,3,14H2,1-2H3. The topological polar surface area (TPSA) is 70.1 Å². The van der Waals surface area contributed by atoms with Crippen molar-refractivity contribution >= 4 is 11.5 Å². The molecule has 2 N–H and O–H groups in total. The third kappa shape index (κ3) is 2.20. The molecule has 0 aliphatic rings. The Kier molecular flexibility index (Phi) is 3.32. The van der Waals surface area contributed by atoms with Gasteiger partial charge in [-0.25, -0.2) is 0 Å².